The summed E-state index contributed by atoms with van der Waals surface area (Å²) in [6, 6.07) is 4.98. The first-order chi connectivity index (χ1) is 11.2. The maximum absolute atomic E-state index is 12.7. The Hall–Kier alpha value is -1.28. The Bertz CT molecular complexity index is 718. The van der Waals surface area contributed by atoms with Crippen LogP contribution >= 0.6 is 0 Å². The van der Waals surface area contributed by atoms with Gasteiger partial charge in [0, 0.05) is 17.5 Å². The molecule has 2 atom stereocenters. The fourth-order valence-electron chi connectivity index (χ4n) is 3.97. The van der Waals surface area contributed by atoms with Crippen molar-refractivity contribution in [3.8, 4) is 5.75 Å². The first-order valence-corrected chi connectivity index (χ1v) is 9.52. The average Bonchev–Trinajstić information content (AvgIpc) is 2.89. The molecule has 2 aliphatic rings. The fraction of sp³-hybridized carbons (Fsp3) is 0.625. The summed E-state index contributed by atoms with van der Waals surface area (Å²) in [4.78, 5) is 2.35. The molecule has 24 heavy (non-hydrogen) atoms. The molecule has 1 aliphatic heterocycles. The Kier molecular flexibility index (Phi) is 4.55. The summed E-state index contributed by atoms with van der Waals surface area (Å²) in [7, 11) is -5.65. The molecule has 2 unspecified atom stereocenters. The van der Waals surface area contributed by atoms with Crippen LogP contribution in [-0.4, -0.2) is 38.0 Å². The van der Waals surface area contributed by atoms with Gasteiger partial charge in [-0.25, -0.2) is 0 Å². The third kappa shape index (κ3) is 3.01. The van der Waals surface area contributed by atoms with Crippen molar-refractivity contribution in [3.05, 3.63) is 29.3 Å². The molecule has 0 saturated carbocycles. The van der Waals surface area contributed by atoms with E-state index in [9.17, 15) is 21.6 Å². The van der Waals surface area contributed by atoms with Crippen molar-refractivity contribution in [2.24, 2.45) is 0 Å². The van der Waals surface area contributed by atoms with Gasteiger partial charge < -0.3 is 4.18 Å². The summed E-state index contributed by atoms with van der Waals surface area (Å²) < 4.78 is 65.3. The first kappa shape index (κ1) is 17.5. The molecular weight excluding hydrogens is 343 g/mol. The van der Waals surface area contributed by atoms with Crippen LogP contribution in [0.25, 0.3) is 0 Å². The normalized spacial score (nSPS) is 24.5. The highest BCUT2D eigenvalue weighted by atomic mass is 32.2. The van der Waals surface area contributed by atoms with E-state index in [4.69, 9.17) is 0 Å². The lowest BCUT2D eigenvalue weighted by Crippen LogP contribution is -2.36. The average molecular weight is 363 g/mol. The van der Waals surface area contributed by atoms with Crippen LogP contribution in [0.4, 0.5) is 13.2 Å². The van der Waals surface area contributed by atoms with Crippen LogP contribution in [0.5, 0.6) is 5.75 Å². The van der Waals surface area contributed by atoms with Gasteiger partial charge >= 0.3 is 15.6 Å². The van der Waals surface area contributed by atoms with Gasteiger partial charge in [0.25, 0.3) is 0 Å². The van der Waals surface area contributed by atoms with Crippen LogP contribution in [0.2, 0.25) is 0 Å². The lowest BCUT2D eigenvalue weighted by Gasteiger charge is -2.34. The number of halogens is 3. The number of fused-ring (bicyclic) bond motifs is 3. The number of hydrogen-bond acceptors (Lipinski definition) is 4. The number of nitrogens with zero attached hydrogens (tertiary/aromatic N) is 1. The molecule has 0 spiro atoms. The molecule has 1 aliphatic carbocycles. The fourth-order valence-corrected chi connectivity index (χ4v) is 4.45. The van der Waals surface area contributed by atoms with Crippen molar-refractivity contribution in [2.45, 2.75) is 50.1 Å². The molecule has 1 aromatic rings. The van der Waals surface area contributed by atoms with E-state index >= 15 is 0 Å². The Labute approximate surface area is 139 Å². The third-order valence-corrected chi connectivity index (χ3v) is 5.86. The van der Waals surface area contributed by atoms with E-state index in [1.807, 2.05) is 6.07 Å². The van der Waals surface area contributed by atoms with E-state index in [0.29, 0.717) is 5.56 Å². The van der Waals surface area contributed by atoms with Crippen molar-refractivity contribution < 1.29 is 25.8 Å². The van der Waals surface area contributed by atoms with E-state index in [2.05, 4.69) is 16.0 Å². The van der Waals surface area contributed by atoms with Gasteiger partial charge in [-0.1, -0.05) is 19.1 Å². The molecule has 4 nitrogen and oxygen atoms in total. The molecule has 0 aromatic heterocycles. The summed E-state index contributed by atoms with van der Waals surface area (Å²) >= 11 is 0. The zero-order valence-corrected chi connectivity index (χ0v) is 14.2. The largest absolute Gasteiger partial charge is 0.534 e. The Balaban J connectivity index is 1.96. The van der Waals surface area contributed by atoms with Crippen LogP contribution < -0.4 is 4.18 Å². The lowest BCUT2D eigenvalue weighted by molar-refractivity contribution is -0.0500. The first-order valence-electron chi connectivity index (χ1n) is 8.11. The van der Waals surface area contributed by atoms with E-state index in [1.54, 1.807) is 6.07 Å². The van der Waals surface area contributed by atoms with Crippen molar-refractivity contribution in [1.82, 2.24) is 4.90 Å². The molecule has 0 radical (unpaired) electrons. The Morgan fingerprint density at radius 1 is 1.29 bits per heavy atom. The molecule has 1 heterocycles. The molecule has 1 saturated heterocycles. The molecule has 0 N–H and O–H groups in total. The monoisotopic (exact) mass is 363 g/mol. The summed E-state index contributed by atoms with van der Waals surface area (Å²) in [5, 5.41) is 0. The number of benzene rings is 1. The molecule has 3 rings (SSSR count). The smallest absolute Gasteiger partial charge is 0.376 e. The second-order valence-corrected chi connectivity index (χ2v) is 7.89. The zero-order chi connectivity index (χ0) is 17.5. The Morgan fingerprint density at radius 3 is 2.71 bits per heavy atom. The van der Waals surface area contributed by atoms with Gasteiger partial charge in [0.05, 0.1) is 0 Å². The molecule has 8 heteroatoms. The van der Waals surface area contributed by atoms with Gasteiger partial charge in [0.15, 0.2) is 0 Å². The molecule has 0 amide bonds. The van der Waals surface area contributed by atoms with Gasteiger partial charge in [-0.05, 0) is 50.4 Å². The minimum atomic E-state index is -5.65. The van der Waals surface area contributed by atoms with Crippen LogP contribution in [0.15, 0.2) is 18.2 Å². The molecular formula is C16H20F3NO3S. The Morgan fingerprint density at radius 2 is 2.04 bits per heavy atom. The molecule has 1 aromatic carbocycles. The lowest BCUT2D eigenvalue weighted by atomic mass is 9.79. The van der Waals surface area contributed by atoms with Crippen LogP contribution in [-0.2, 0) is 16.5 Å². The summed E-state index contributed by atoms with van der Waals surface area (Å²) in [5.74, 6) is -0.141. The highest BCUT2D eigenvalue weighted by molar-refractivity contribution is 7.88. The van der Waals surface area contributed by atoms with Crippen LogP contribution in [0.1, 0.15) is 43.2 Å². The van der Waals surface area contributed by atoms with Crippen molar-refractivity contribution in [3.63, 3.8) is 0 Å². The predicted molar refractivity (Wildman–Crippen MR) is 83.4 cm³/mol. The van der Waals surface area contributed by atoms with Crippen molar-refractivity contribution in [1.29, 1.82) is 0 Å². The standard InChI is InChI=1S/C16H20F3NO3S/c1-2-9-20-10-8-12-13(20)7-6-11-4-3-5-14(15(11)12)23-24(21,22)16(17,18)19/h3-5,12-13H,2,6-10H2,1H3. The minimum absolute atomic E-state index is 0.0277. The topological polar surface area (TPSA) is 46.6 Å². The minimum Gasteiger partial charge on any atom is -0.376 e. The second kappa shape index (κ2) is 6.22. The summed E-state index contributed by atoms with van der Waals surface area (Å²) in [6.07, 6.45) is 3.48. The van der Waals surface area contributed by atoms with E-state index in [1.165, 1.54) is 6.07 Å². The van der Waals surface area contributed by atoms with Crippen molar-refractivity contribution >= 4 is 10.1 Å². The SMILES string of the molecule is CCCN1CCC2c3c(cccc3OS(=O)(=O)C(F)(F)F)CCC21. The van der Waals surface area contributed by atoms with Gasteiger partial charge in [-0.15, -0.1) is 0 Å². The van der Waals surface area contributed by atoms with E-state index < -0.39 is 15.6 Å². The molecule has 1 fully saturated rings. The maximum Gasteiger partial charge on any atom is 0.534 e. The van der Waals surface area contributed by atoms with Gasteiger partial charge in [-0.3, -0.25) is 4.90 Å². The van der Waals surface area contributed by atoms with Crippen LogP contribution in [0, 0.1) is 0 Å². The quantitative estimate of drug-likeness (QED) is 0.607. The number of alkyl halides is 3. The molecule has 0 bridgehead atoms. The number of aryl methyl sites for hydroxylation is 1. The predicted octanol–water partition coefficient (Wildman–Crippen LogP) is 3.43. The number of likely N-dealkylation sites (tertiary alicyclic amines) is 1. The van der Waals surface area contributed by atoms with Gasteiger partial charge in [-0.2, -0.15) is 21.6 Å². The summed E-state index contributed by atoms with van der Waals surface area (Å²) in [5.41, 5.74) is -3.89. The highest BCUT2D eigenvalue weighted by Gasteiger charge is 2.49. The summed E-state index contributed by atoms with van der Waals surface area (Å²) in [6.45, 7) is 3.91. The maximum atomic E-state index is 12.7. The highest BCUT2D eigenvalue weighted by Crippen LogP contribution is 2.46. The second-order valence-electron chi connectivity index (χ2n) is 6.35. The van der Waals surface area contributed by atoms with Gasteiger partial charge in [0.1, 0.15) is 5.75 Å². The zero-order valence-electron chi connectivity index (χ0n) is 13.3. The number of hydrogen-bond donors (Lipinski definition) is 0. The van der Waals surface area contributed by atoms with Crippen molar-refractivity contribution in [2.75, 3.05) is 13.1 Å². The number of rotatable bonds is 4. The van der Waals surface area contributed by atoms with Gasteiger partial charge in [0.2, 0.25) is 0 Å². The third-order valence-electron chi connectivity index (χ3n) is 4.89. The molecule has 134 valence electrons. The van der Waals surface area contributed by atoms with E-state index in [-0.39, 0.29) is 17.7 Å². The van der Waals surface area contributed by atoms with Crippen LogP contribution in [0.3, 0.4) is 0 Å². The van der Waals surface area contributed by atoms with E-state index in [0.717, 1.165) is 44.3 Å².